The first kappa shape index (κ1) is 23.6. The third-order valence-electron chi connectivity index (χ3n) is 3.91. The molecule has 8 nitrogen and oxygen atoms in total. The molecule has 0 aliphatic carbocycles. The second-order valence-corrected chi connectivity index (χ2v) is 8.36. The van der Waals surface area contributed by atoms with Gasteiger partial charge in [-0.25, -0.2) is 12.8 Å². The van der Waals surface area contributed by atoms with E-state index in [0.717, 1.165) is 6.07 Å². The number of esters is 1. The van der Waals surface area contributed by atoms with Gasteiger partial charge in [-0.3, -0.25) is 9.59 Å². The average Bonchev–Trinajstić information content (AvgIpc) is 2.69. The van der Waals surface area contributed by atoms with E-state index in [1.54, 1.807) is 0 Å². The molecule has 2 atom stereocenters. The van der Waals surface area contributed by atoms with E-state index in [-0.39, 0.29) is 15.6 Å². The summed E-state index contributed by atoms with van der Waals surface area (Å²) in [6.45, 7) is 2.54. The maximum atomic E-state index is 13.8. The van der Waals surface area contributed by atoms with Crippen LogP contribution in [-0.2, 0) is 24.3 Å². The fraction of sp³-hybridized carbons (Fsp3) is 0.263. The van der Waals surface area contributed by atoms with Crippen molar-refractivity contribution in [3.05, 3.63) is 53.3 Å². The number of rotatable bonds is 8. The third kappa shape index (κ3) is 6.15. The van der Waals surface area contributed by atoms with E-state index in [0.29, 0.717) is 5.75 Å². The van der Waals surface area contributed by atoms with Gasteiger partial charge in [0.25, 0.3) is 5.91 Å². The Hall–Kier alpha value is -2.69. The van der Waals surface area contributed by atoms with Crippen LogP contribution in [-0.4, -0.2) is 39.5 Å². The van der Waals surface area contributed by atoms with Gasteiger partial charge in [-0.1, -0.05) is 11.6 Å². The molecule has 2 aromatic carbocycles. The number of sulfonamides is 1. The Balaban J connectivity index is 1.97. The third-order valence-corrected chi connectivity index (χ3v) is 5.70. The fourth-order valence-electron chi connectivity index (χ4n) is 2.26. The van der Waals surface area contributed by atoms with E-state index >= 15 is 0 Å². The molecule has 2 N–H and O–H groups in total. The monoisotopic (exact) mass is 458 g/mol. The van der Waals surface area contributed by atoms with Gasteiger partial charge in [0.05, 0.1) is 17.7 Å². The summed E-state index contributed by atoms with van der Waals surface area (Å²) in [6, 6.07) is 7.93. The molecule has 2 rings (SSSR count). The van der Waals surface area contributed by atoms with Gasteiger partial charge < -0.3 is 14.8 Å². The average molecular weight is 459 g/mol. The molecule has 0 aliphatic heterocycles. The van der Waals surface area contributed by atoms with Crippen molar-refractivity contribution in [1.82, 2.24) is 4.72 Å². The lowest BCUT2D eigenvalue weighted by atomic mass is 10.2. The normalized spacial score (nSPS) is 13.2. The maximum absolute atomic E-state index is 13.8. The molecular formula is C19H20ClFN2O6S. The van der Waals surface area contributed by atoms with E-state index in [1.807, 2.05) is 0 Å². The van der Waals surface area contributed by atoms with Crippen LogP contribution in [0.3, 0.4) is 0 Å². The Morgan fingerprint density at radius 3 is 2.30 bits per heavy atom. The second kappa shape index (κ2) is 9.88. The van der Waals surface area contributed by atoms with Crippen LogP contribution in [0.2, 0.25) is 5.02 Å². The van der Waals surface area contributed by atoms with Gasteiger partial charge in [-0.05, 0) is 56.3 Å². The molecule has 0 bridgehead atoms. The van der Waals surface area contributed by atoms with Crippen LogP contribution < -0.4 is 14.8 Å². The van der Waals surface area contributed by atoms with Gasteiger partial charge in [-0.15, -0.1) is 0 Å². The lowest BCUT2D eigenvalue weighted by molar-refractivity contribution is -0.154. The number of carbonyl (C=O) groups is 2. The molecule has 0 saturated carbocycles. The predicted molar refractivity (Wildman–Crippen MR) is 108 cm³/mol. The Morgan fingerprint density at radius 1 is 1.10 bits per heavy atom. The zero-order valence-electron chi connectivity index (χ0n) is 16.3. The number of anilines is 1. The van der Waals surface area contributed by atoms with E-state index in [1.165, 1.54) is 57.4 Å². The number of hydrogen-bond donors (Lipinski definition) is 2. The Bertz CT molecular complexity index is 1030. The number of hydrogen-bond acceptors (Lipinski definition) is 6. The van der Waals surface area contributed by atoms with Crippen LogP contribution in [0.4, 0.5) is 10.1 Å². The highest BCUT2D eigenvalue weighted by Crippen LogP contribution is 2.19. The summed E-state index contributed by atoms with van der Waals surface area (Å²) in [6.07, 6.45) is -1.31. The van der Waals surface area contributed by atoms with Gasteiger partial charge in [0.2, 0.25) is 10.0 Å². The van der Waals surface area contributed by atoms with Crippen molar-refractivity contribution in [2.24, 2.45) is 0 Å². The molecule has 0 saturated heterocycles. The first-order chi connectivity index (χ1) is 14.0. The maximum Gasteiger partial charge on any atom is 0.324 e. The highest BCUT2D eigenvalue weighted by molar-refractivity contribution is 7.89. The second-order valence-electron chi connectivity index (χ2n) is 6.21. The van der Waals surface area contributed by atoms with Crippen molar-refractivity contribution in [2.45, 2.75) is 30.9 Å². The summed E-state index contributed by atoms with van der Waals surface area (Å²) < 4.78 is 50.6. The van der Waals surface area contributed by atoms with E-state index in [9.17, 15) is 22.4 Å². The van der Waals surface area contributed by atoms with Gasteiger partial charge in [0.15, 0.2) is 6.10 Å². The summed E-state index contributed by atoms with van der Waals surface area (Å²) in [5, 5.41) is 2.42. The lowest BCUT2D eigenvalue weighted by Gasteiger charge is -2.18. The number of nitrogens with one attached hydrogen (secondary N) is 2. The highest BCUT2D eigenvalue weighted by Gasteiger charge is 2.26. The van der Waals surface area contributed by atoms with Crippen LogP contribution in [0, 0.1) is 5.82 Å². The summed E-state index contributed by atoms with van der Waals surface area (Å²) in [4.78, 5) is 24.3. The molecule has 2 aromatic rings. The zero-order chi connectivity index (χ0) is 22.5. The molecule has 30 heavy (non-hydrogen) atoms. The van der Waals surface area contributed by atoms with E-state index in [2.05, 4.69) is 10.0 Å². The van der Waals surface area contributed by atoms with Crippen molar-refractivity contribution in [3.8, 4) is 5.75 Å². The number of methoxy groups -OCH3 is 1. The minimum atomic E-state index is -4.01. The zero-order valence-corrected chi connectivity index (χ0v) is 17.9. The molecular weight excluding hydrogens is 439 g/mol. The quantitative estimate of drug-likeness (QED) is 0.588. The molecule has 0 aliphatic rings. The molecule has 0 aromatic heterocycles. The first-order valence-electron chi connectivity index (χ1n) is 8.66. The number of ether oxygens (including phenoxy) is 2. The standard InChI is InChI=1S/C19H20ClFN2O6S/c1-11(23-30(26,27)15-7-5-14(28-3)6-8-15)19(25)29-12(2)18(24)22-17-9-4-13(20)10-16(17)21/h4-12,23H,1-3H3,(H,22,24)/t11-,12?/m0/s1. The summed E-state index contributed by atoms with van der Waals surface area (Å²) in [5.74, 6) is -2.06. The summed E-state index contributed by atoms with van der Waals surface area (Å²) >= 11 is 5.65. The van der Waals surface area contributed by atoms with Crippen LogP contribution in [0.1, 0.15) is 13.8 Å². The minimum absolute atomic E-state index is 0.0769. The van der Waals surface area contributed by atoms with Gasteiger partial charge in [0.1, 0.15) is 17.6 Å². The van der Waals surface area contributed by atoms with Crippen LogP contribution in [0.25, 0.3) is 0 Å². The lowest BCUT2D eigenvalue weighted by Crippen LogP contribution is -2.42. The van der Waals surface area contributed by atoms with Gasteiger partial charge in [-0.2, -0.15) is 4.72 Å². The van der Waals surface area contributed by atoms with Crippen LogP contribution >= 0.6 is 11.6 Å². The Labute approximate surface area is 178 Å². The molecule has 162 valence electrons. The van der Waals surface area contributed by atoms with Crippen LogP contribution in [0.15, 0.2) is 47.4 Å². The largest absolute Gasteiger partial charge is 0.497 e. The smallest absolute Gasteiger partial charge is 0.324 e. The number of halogens is 2. The van der Waals surface area contributed by atoms with Gasteiger partial charge >= 0.3 is 5.97 Å². The molecule has 0 radical (unpaired) electrons. The molecule has 0 spiro atoms. The highest BCUT2D eigenvalue weighted by atomic mass is 35.5. The number of benzene rings is 2. The van der Waals surface area contributed by atoms with E-state index < -0.39 is 39.9 Å². The van der Waals surface area contributed by atoms with Crippen LogP contribution in [0.5, 0.6) is 5.75 Å². The summed E-state index contributed by atoms with van der Waals surface area (Å²) in [5.41, 5.74) is -0.138. The number of amides is 1. The molecule has 0 heterocycles. The first-order valence-corrected chi connectivity index (χ1v) is 10.5. The Morgan fingerprint density at radius 2 is 1.73 bits per heavy atom. The molecule has 0 fully saturated rings. The fourth-order valence-corrected chi connectivity index (χ4v) is 3.61. The summed E-state index contributed by atoms with van der Waals surface area (Å²) in [7, 11) is -2.57. The van der Waals surface area contributed by atoms with Crippen molar-refractivity contribution in [1.29, 1.82) is 0 Å². The van der Waals surface area contributed by atoms with Crippen molar-refractivity contribution < 1.29 is 31.9 Å². The molecule has 11 heteroatoms. The molecule has 1 unspecified atom stereocenters. The molecule has 1 amide bonds. The Kier molecular flexibility index (Phi) is 7.77. The van der Waals surface area contributed by atoms with Crippen molar-refractivity contribution in [2.75, 3.05) is 12.4 Å². The topological polar surface area (TPSA) is 111 Å². The van der Waals surface area contributed by atoms with Crippen molar-refractivity contribution >= 4 is 39.2 Å². The SMILES string of the molecule is COc1ccc(S(=O)(=O)N[C@@H](C)C(=O)OC(C)C(=O)Nc2ccc(Cl)cc2F)cc1. The number of carbonyl (C=O) groups excluding carboxylic acids is 2. The predicted octanol–water partition coefficient (Wildman–Crippen LogP) is 2.72. The van der Waals surface area contributed by atoms with Crippen molar-refractivity contribution in [3.63, 3.8) is 0 Å². The minimum Gasteiger partial charge on any atom is -0.497 e. The van der Waals surface area contributed by atoms with E-state index in [4.69, 9.17) is 21.1 Å². The van der Waals surface area contributed by atoms with Gasteiger partial charge in [0, 0.05) is 5.02 Å².